The molecule has 0 heterocycles. The summed E-state index contributed by atoms with van der Waals surface area (Å²) < 4.78 is 0. The van der Waals surface area contributed by atoms with E-state index in [4.69, 9.17) is 0 Å². The van der Waals surface area contributed by atoms with Gasteiger partial charge in [0, 0.05) is 17.6 Å². The molecule has 0 saturated heterocycles. The maximum absolute atomic E-state index is 12.4. The van der Waals surface area contributed by atoms with Crippen molar-refractivity contribution in [2.24, 2.45) is 11.8 Å². The summed E-state index contributed by atoms with van der Waals surface area (Å²) >= 11 is 0. The minimum absolute atomic E-state index is 0.244. The summed E-state index contributed by atoms with van der Waals surface area (Å²) in [7, 11) is 1.06. The van der Waals surface area contributed by atoms with E-state index in [2.05, 4.69) is 51.3 Å². The highest BCUT2D eigenvalue weighted by atomic mass is 31.1. The molecule has 0 radical (unpaired) electrons. The zero-order valence-corrected chi connectivity index (χ0v) is 14.7. The van der Waals surface area contributed by atoms with Gasteiger partial charge in [-0.2, -0.15) is 0 Å². The highest BCUT2D eigenvalue weighted by Crippen LogP contribution is 2.20. The van der Waals surface area contributed by atoms with Gasteiger partial charge in [0.25, 0.3) is 0 Å². The lowest BCUT2D eigenvalue weighted by molar-refractivity contribution is -0.124. The fraction of sp³-hybridized carbons (Fsp3) is 0.579. The van der Waals surface area contributed by atoms with E-state index >= 15 is 0 Å². The van der Waals surface area contributed by atoms with Crippen LogP contribution in [0.5, 0.6) is 0 Å². The predicted molar refractivity (Wildman–Crippen MR) is 95.9 cm³/mol. The Balaban J connectivity index is 2.62. The predicted octanol–water partition coefficient (Wildman–Crippen LogP) is 5.04. The monoisotopic (exact) mass is 304 g/mol. The molecule has 0 aliphatic heterocycles. The number of ketones is 1. The SMILES string of the molecule is C=Pc1cccc(CCC(CCCC)C(=O)CC(C)C)c1. The van der Waals surface area contributed by atoms with Crippen LogP contribution in [0.1, 0.15) is 58.4 Å². The second-order valence-electron chi connectivity index (χ2n) is 6.27. The highest BCUT2D eigenvalue weighted by molar-refractivity contribution is 7.45. The summed E-state index contributed by atoms with van der Waals surface area (Å²) in [6.45, 7) is 6.46. The first-order valence-electron chi connectivity index (χ1n) is 8.15. The van der Waals surface area contributed by atoms with E-state index < -0.39 is 0 Å². The number of carbonyl (C=O) groups excluding carboxylic acids is 1. The molecule has 2 heteroatoms. The summed E-state index contributed by atoms with van der Waals surface area (Å²) in [5.41, 5.74) is 1.34. The van der Waals surface area contributed by atoms with Crippen LogP contribution in [0.2, 0.25) is 0 Å². The molecule has 116 valence electrons. The Bertz CT molecular complexity index is 451. The van der Waals surface area contributed by atoms with Gasteiger partial charge in [-0.3, -0.25) is 4.79 Å². The number of unbranched alkanes of at least 4 members (excludes halogenated alkanes) is 1. The zero-order valence-electron chi connectivity index (χ0n) is 13.8. The van der Waals surface area contributed by atoms with E-state index in [1.807, 2.05) is 0 Å². The topological polar surface area (TPSA) is 17.1 Å². The first-order chi connectivity index (χ1) is 10.1. The number of Topliss-reactive ketones (excluding diaryl/α,β-unsaturated/α-hetero) is 1. The molecule has 0 amide bonds. The summed E-state index contributed by atoms with van der Waals surface area (Å²) in [6, 6.07) is 8.59. The van der Waals surface area contributed by atoms with Gasteiger partial charge in [-0.25, -0.2) is 0 Å². The fourth-order valence-corrected chi connectivity index (χ4v) is 3.09. The fourth-order valence-electron chi connectivity index (χ4n) is 2.64. The molecule has 21 heavy (non-hydrogen) atoms. The Labute approximate surface area is 132 Å². The van der Waals surface area contributed by atoms with Crippen LogP contribution < -0.4 is 5.30 Å². The molecular weight excluding hydrogens is 275 g/mol. The molecule has 1 rings (SSSR count). The van der Waals surface area contributed by atoms with Gasteiger partial charge in [0.1, 0.15) is 5.78 Å². The van der Waals surface area contributed by atoms with Crippen molar-refractivity contribution in [1.29, 1.82) is 0 Å². The molecule has 0 spiro atoms. The van der Waals surface area contributed by atoms with Crippen LogP contribution in [0.25, 0.3) is 0 Å². The lowest BCUT2D eigenvalue weighted by atomic mass is 9.87. The molecule has 1 aromatic rings. The van der Waals surface area contributed by atoms with Crippen LogP contribution in [-0.2, 0) is 11.2 Å². The van der Waals surface area contributed by atoms with Gasteiger partial charge >= 0.3 is 0 Å². The van der Waals surface area contributed by atoms with Crippen molar-refractivity contribution < 1.29 is 4.79 Å². The Kier molecular flexibility index (Phi) is 8.54. The number of hydrogen-bond acceptors (Lipinski definition) is 1. The maximum Gasteiger partial charge on any atom is 0.136 e. The standard InChI is InChI=1S/C19H29OP/c1-5-6-9-17(19(20)13-15(2)3)12-11-16-8-7-10-18(14-16)21-4/h7-8,10,14-15,17H,4-6,9,11-13H2,1-3H3. The van der Waals surface area contributed by atoms with Crippen molar-refractivity contribution in [2.75, 3.05) is 0 Å². The largest absolute Gasteiger partial charge is 0.299 e. The zero-order chi connectivity index (χ0) is 15.7. The smallest absolute Gasteiger partial charge is 0.136 e. The van der Waals surface area contributed by atoms with Crippen molar-refractivity contribution in [3.63, 3.8) is 0 Å². The van der Waals surface area contributed by atoms with Crippen LogP contribution in [0.4, 0.5) is 0 Å². The molecule has 1 unspecified atom stereocenters. The van der Waals surface area contributed by atoms with Gasteiger partial charge in [0.2, 0.25) is 0 Å². The molecule has 1 aromatic carbocycles. The van der Waals surface area contributed by atoms with Crippen molar-refractivity contribution in [3.05, 3.63) is 29.8 Å². The van der Waals surface area contributed by atoms with Crippen LogP contribution >= 0.6 is 8.20 Å². The molecule has 0 aliphatic carbocycles. The Morgan fingerprint density at radius 3 is 2.67 bits per heavy atom. The number of hydrogen-bond donors (Lipinski definition) is 0. The Morgan fingerprint density at radius 1 is 1.29 bits per heavy atom. The lowest BCUT2D eigenvalue weighted by Crippen LogP contribution is -2.17. The summed E-state index contributed by atoms with van der Waals surface area (Å²) in [5.74, 6) is 1.17. The third-order valence-corrected chi connectivity index (χ3v) is 4.49. The highest BCUT2D eigenvalue weighted by Gasteiger charge is 2.18. The van der Waals surface area contributed by atoms with E-state index in [9.17, 15) is 4.79 Å². The third kappa shape index (κ3) is 7.05. The van der Waals surface area contributed by atoms with Crippen molar-refractivity contribution in [3.8, 4) is 0 Å². The van der Waals surface area contributed by atoms with Gasteiger partial charge in [0.15, 0.2) is 0 Å². The number of aryl methyl sites for hydroxylation is 1. The minimum Gasteiger partial charge on any atom is -0.299 e. The van der Waals surface area contributed by atoms with Gasteiger partial charge in [-0.05, 0) is 36.8 Å². The van der Waals surface area contributed by atoms with Crippen molar-refractivity contribution >= 4 is 25.6 Å². The minimum atomic E-state index is 0.244. The molecule has 0 N–H and O–H groups in total. The van der Waals surface area contributed by atoms with E-state index in [1.165, 1.54) is 17.3 Å². The van der Waals surface area contributed by atoms with Crippen LogP contribution in [0.15, 0.2) is 24.3 Å². The third-order valence-electron chi connectivity index (χ3n) is 3.85. The van der Waals surface area contributed by atoms with E-state index in [0.29, 0.717) is 11.7 Å². The van der Waals surface area contributed by atoms with E-state index in [-0.39, 0.29) is 5.92 Å². The first-order valence-corrected chi connectivity index (χ1v) is 9.23. The molecule has 0 aromatic heterocycles. The molecule has 0 fully saturated rings. The average molecular weight is 304 g/mol. The van der Waals surface area contributed by atoms with Crippen LogP contribution in [0, 0.1) is 11.8 Å². The van der Waals surface area contributed by atoms with Crippen molar-refractivity contribution in [2.45, 2.75) is 59.3 Å². The molecular formula is C19H29OP. The molecule has 1 atom stereocenters. The molecule has 1 nitrogen and oxygen atoms in total. The van der Waals surface area contributed by atoms with E-state index in [1.54, 1.807) is 0 Å². The Hall–Kier alpha value is -0.940. The van der Waals surface area contributed by atoms with Crippen molar-refractivity contribution in [1.82, 2.24) is 0 Å². The van der Waals surface area contributed by atoms with Gasteiger partial charge in [0.05, 0.1) is 0 Å². The maximum atomic E-state index is 12.4. The number of carbonyl (C=O) groups is 1. The summed E-state index contributed by atoms with van der Waals surface area (Å²) in [4.78, 5) is 12.4. The summed E-state index contributed by atoms with van der Waals surface area (Å²) in [6.07, 6.45) is 10.0. The van der Waals surface area contributed by atoms with Gasteiger partial charge in [-0.1, -0.05) is 66.3 Å². The number of rotatable bonds is 10. The second-order valence-corrected chi connectivity index (χ2v) is 7.10. The first kappa shape index (κ1) is 18.1. The summed E-state index contributed by atoms with van der Waals surface area (Å²) in [5, 5.41) is 1.26. The quantitative estimate of drug-likeness (QED) is 0.553. The van der Waals surface area contributed by atoms with Crippen LogP contribution in [-0.4, -0.2) is 12.1 Å². The lowest BCUT2D eigenvalue weighted by Gasteiger charge is -2.17. The molecule has 0 bridgehead atoms. The number of benzene rings is 1. The second kappa shape index (κ2) is 9.90. The molecule has 0 saturated carbocycles. The average Bonchev–Trinajstić information content (AvgIpc) is 2.46. The normalized spacial score (nSPS) is 12.8. The molecule has 0 aliphatic rings. The van der Waals surface area contributed by atoms with E-state index in [0.717, 1.165) is 40.3 Å². The van der Waals surface area contributed by atoms with Gasteiger partial charge in [-0.15, -0.1) is 0 Å². The van der Waals surface area contributed by atoms with Crippen LogP contribution in [0.3, 0.4) is 0 Å². The Morgan fingerprint density at radius 2 is 2.05 bits per heavy atom. The van der Waals surface area contributed by atoms with Gasteiger partial charge < -0.3 is 0 Å².